The van der Waals surface area contributed by atoms with Crippen molar-refractivity contribution in [1.29, 1.82) is 0 Å². The highest BCUT2D eigenvalue weighted by atomic mass is 35.5. The summed E-state index contributed by atoms with van der Waals surface area (Å²) in [6.07, 6.45) is 5.76. The van der Waals surface area contributed by atoms with E-state index in [1.807, 2.05) is 59.9 Å². The molecule has 0 saturated carbocycles. The van der Waals surface area contributed by atoms with Crippen LogP contribution in [0.5, 0.6) is 0 Å². The normalized spacial score (nSPS) is 15.6. The number of carbonyl (C=O) groups excluding carboxylic acids is 1. The summed E-state index contributed by atoms with van der Waals surface area (Å²) in [7, 11) is 4.02. The lowest BCUT2D eigenvalue weighted by molar-refractivity contribution is 0.0690. The number of aryl methyl sites for hydroxylation is 1. The first-order chi connectivity index (χ1) is 11.5. The van der Waals surface area contributed by atoms with Crippen molar-refractivity contribution in [2.24, 2.45) is 0 Å². The van der Waals surface area contributed by atoms with Crippen molar-refractivity contribution in [2.45, 2.75) is 25.8 Å². The first kappa shape index (κ1) is 16.8. The minimum atomic E-state index is 0.0212. The molecule has 24 heavy (non-hydrogen) atoms. The van der Waals surface area contributed by atoms with Gasteiger partial charge in [-0.3, -0.25) is 9.48 Å². The molecule has 0 spiro atoms. The molecule has 1 aliphatic heterocycles. The van der Waals surface area contributed by atoms with Crippen LogP contribution in [0.25, 0.3) is 0 Å². The fraction of sp³-hybridized carbons (Fsp3) is 0.444. The largest absolute Gasteiger partial charge is 0.375 e. The molecule has 2 aromatic rings. The number of halogens is 1. The SMILES string of the molecule is Cc1ccc(C(=O)N2CCC(n3cc(N(C)C)cn3)CC2)c(Cl)c1. The Morgan fingerprint density at radius 3 is 2.58 bits per heavy atom. The van der Waals surface area contributed by atoms with Gasteiger partial charge in [0, 0.05) is 33.4 Å². The Bertz CT molecular complexity index is 732. The number of benzene rings is 1. The van der Waals surface area contributed by atoms with Crippen LogP contribution in [0.3, 0.4) is 0 Å². The Balaban J connectivity index is 1.64. The third kappa shape index (κ3) is 3.41. The van der Waals surface area contributed by atoms with E-state index >= 15 is 0 Å². The fourth-order valence-corrected chi connectivity index (χ4v) is 3.37. The van der Waals surface area contributed by atoms with Crippen molar-refractivity contribution < 1.29 is 4.79 Å². The van der Waals surface area contributed by atoms with Crippen molar-refractivity contribution in [3.8, 4) is 0 Å². The summed E-state index contributed by atoms with van der Waals surface area (Å²) >= 11 is 6.23. The molecular weight excluding hydrogens is 324 g/mol. The number of amides is 1. The Hall–Kier alpha value is -2.01. The highest BCUT2D eigenvalue weighted by Gasteiger charge is 2.26. The predicted octanol–water partition coefficient (Wildman–Crippen LogP) is 3.39. The van der Waals surface area contributed by atoms with Crippen molar-refractivity contribution >= 4 is 23.2 Å². The minimum Gasteiger partial charge on any atom is -0.375 e. The number of likely N-dealkylation sites (tertiary alicyclic amines) is 1. The van der Waals surface area contributed by atoms with Crippen molar-refractivity contribution in [3.63, 3.8) is 0 Å². The number of hydrogen-bond donors (Lipinski definition) is 0. The molecule has 0 aliphatic carbocycles. The van der Waals surface area contributed by atoms with Crippen molar-refractivity contribution in [1.82, 2.24) is 14.7 Å². The van der Waals surface area contributed by atoms with Crippen LogP contribution in [0.4, 0.5) is 5.69 Å². The van der Waals surface area contributed by atoms with Crippen LogP contribution in [0, 0.1) is 6.92 Å². The maximum absolute atomic E-state index is 12.7. The smallest absolute Gasteiger partial charge is 0.255 e. The number of anilines is 1. The molecular formula is C18H23ClN4O. The number of piperidine rings is 1. The quantitative estimate of drug-likeness (QED) is 0.855. The predicted molar refractivity (Wildman–Crippen MR) is 96.9 cm³/mol. The second-order valence-corrected chi connectivity index (χ2v) is 6.99. The van der Waals surface area contributed by atoms with E-state index in [0.29, 0.717) is 16.6 Å². The lowest BCUT2D eigenvalue weighted by Gasteiger charge is -2.32. The lowest BCUT2D eigenvalue weighted by atomic mass is 10.0. The third-order valence-corrected chi connectivity index (χ3v) is 4.90. The van der Waals surface area contributed by atoms with Gasteiger partial charge < -0.3 is 9.80 Å². The van der Waals surface area contributed by atoms with E-state index in [0.717, 1.165) is 37.2 Å². The topological polar surface area (TPSA) is 41.4 Å². The average Bonchev–Trinajstić information content (AvgIpc) is 3.05. The highest BCUT2D eigenvalue weighted by Crippen LogP contribution is 2.26. The van der Waals surface area contributed by atoms with Crippen LogP contribution in [-0.4, -0.2) is 47.8 Å². The highest BCUT2D eigenvalue weighted by molar-refractivity contribution is 6.33. The zero-order valence-corrected chi connectivity index (χ0v) is 15.1. The molecule has 1 aromatic carbocycles. The van der Waals surface area contributed by atoms with Crippen molar-refractivity contribution in [3.05, 3.63) is 46.7 Å². The van der Waals surface area contributed by atoms with Crippen LogP contribution >= 0.6 is 11.6 Å². The molecule has 1 fully saturated rings. The Kier molecular flexibility index (Phi) is 4.81. The van der Waals surface area contributed by atoms with Gasteiger partial charge in [-0.25, -0.2) is 0 Å². The van der Waals surface area contributed by atoms with Crippen LogP contribution in [0.1, 0.15) is 34.8 Å². The standard InChI is InChI=1S/C18H23ClN4O/c1-13-4-5-16(17(19)10-13)18(24)22-8-6-14(7-9-22)23-12-15(11-20-23)21(2)3/h4-5,10-12,14H,6-9H2,1-3H3. The van der Waals surface area contributed by atoms with Gasteiger partial charge in [-0.15, -0.1) is 0 Å². The number of rotatable bonds is 3. The van der Waals surface area contributed by atoms with E-state index in [2.05, 4.69) is 11.3 Å². The Morgan fingerprint density at radius 2 is 2.00 bits per heavy atom. The van der Waals surface area contributed by atoms with E-state index in [1.165, 1.54) is 0 Å². The summed E-state index contributed by atoms with van der Waals surface area (Å²) in [5, 5.41) is 5.00. The monoisotopic (exact) mass is 346 g/mol. The van der Waals surface area contributed by atoms with E-state index in [1.54, 1.807) is 0 Å². The van der Waals surface area contributed by atoms with Gasteiger partial charge in [0.05, 0.1) is 28.5 Å². The summed E-state index contributed by atoms with van der Waals surface area (Å²) in [5.41, 5.74) is 2.75. The molecule has 3 rings (SSSR count). The molecule has 6 heteroatoms. The van der Waals surface area contributed by atoms with E-state index < -0.39 is 0 Å². The number of aromatic nitrogens is 2. The first-order valence-corrected chi connectivity index (χ1v) is 8.60. The van der Waals surface area contributed by atoms with Gasteiger partial charge in [0.1, 0.15) is 0 Å². The lowest BCUT2D eigenvalue weighted by Crippen LogP contribution is -2.39. The number of hydrogen-bond acceptors (Lipinski definition) is 3. The second kappa shape index (κ2) is 6.85. The molecule has 128 valence electrons. The fourth-order valence-electron chi connectivity index (χ4n) is 3.06. The van der Waals surface area contributed by atoms with Gasteiger partial charge >= 0.3 is 0 Å². The molecule has 1 aliphatic rings. The van der Waals surface area contributed by atoms with Crippen LogP contribution in [0.2, 0.25) is 5.02 Å². The van der Waals surface area contributed by atoms with Gasteiger partial charge in [-0.05, 0) is 37.5 Å². The van der Waals surface area contributed by atoms with E-state index in [-0.39, 0.29) is 5.91 Å². The Morgan fingerprint density at radius 1 is 1.29 bits per heavy atom. The molecule has 1 amide bonds. The molecule has 2 heterocycles. The number of carbonyl (C=O) groups is 1. The maximum atomic E-state index is 12.7. The summed E-state index contributed by atoms with van der Waals surface area (Å²) in [4.78, 5) is 16.6. The maximum Gasteiger partial charge on any atom is 0.255 e. The number of nitrogens with zero attached hydrogens (tertiary/aromatic N) is 4. The summed E-state index contributed by atoms with van der Waals surface area (Å²) < 4.78 is 2.02. The van der Waals surface area contributed by atoms with Gasteiger partial charge in [0.25, 0.3) is 5.91 Å². The van der Waals surface area contributed by atoms with Crippen LogP contribution < -0.4 is 4.90 Å². The molecule has 1 saturated heterocycles. The molecule has 0 N–H and O–H groups in total. The molecule has 0 bridgehead atoms. The van der Waals surface area contributed by atoms with Crippen LogP contribution in [0.15, 0.2) is 30.6 Å². The summed E-state index contributed by atoms with van der Waals surface area (Å²) in [5.74, 6) is 0.0212. The Labute approximate surface area is 147 Å². The van der Waals surface area contributed by atoms with Gasteiger partial charge in [-0.1, -0.05) is 17.7 Å². The van der Waals surface area contributed by atoms with Gasteiger partial charge in [0.15, 0.2) is 0 Å². The van der Waals surface area contributed by atoms with Gasteiger partial charge in [-0.2, -0.15) is 5.10 Å². The van der Waals surface area contributed by atoms with E-state index in [9.17, 15) is 4.79 Å². The van der Waals surface area contributed by atoms with E-state index in [4.69, 9.17) is 11.6 Å². The third-order valence-electron chi connectivity index (χ3n) is 4.59. The molecule has 0 atom stereocenters. The zero-order valence-electron chi connectivity index (χ0n) is 14.4. The molecule has 1 aromatic heterocycles. The zero-order chi connectivity index (χ0) is 17.3. The molecule has 0 radical (unpaired) electrons. The summed E-state index contributed by atoms with van der Waals surface area (Å²) in [6, 6.07) is 5.94. The second-order valence-electron chi connectivity index (χ2n) is 6.58. The van der Waals surface area contributed by atoms with Gasteiger partial charge in [0.2, 0.25) is 0 Å². The first-order valence-electron chi connectivity index (χ1n) is 8.22. The summed E-state index contributed by atoms with van der Waals surface area (Å²) in [6.45, 7) is 3.42. The van der Waals surface area contributed by atoms with Crippen molar-refractivity contribution in [2.75, 3.05) is 32.1 Å². The minimum absolute atomic E-state index is 0.0212. The average molecular weight is 347 g/mol. The van der Waals surface area contributed by atoms with Crippen LogP contribution in [-0.2, 0) is 0 Å². The molecule has 5 nitrogen and oxygen atoms in total. The molecule has 0 unspecified atom stereocenters.